The van der Waals surface area contributed by atoms with Gasteiger partial charge in [0.2, 0.25) is 5.91 Å². The van der Waals surface area contributed by atoms with Crippen molar-refractivity contribution in [3.05, 3.63) is 53.6 Å². The number of hydrogen-bond donors (Lipinski definition) is 1. The van der Waals surface area contributed by atoms with Gasteiger partial charge in [0.25, 0.3) is 0 Å². The summed E-state index contributed by atoms with van der Waals surface area (Å²) in [4.78, 5) is 23.5. The molecule has 4 rings (SSSR count). The predicted molar refractivity (Wildman–Crippen MR) is 126 cm³/mol. The Morgan fingerprint density at radius 1 is 1.12 bits per heavy atom. The summed E-state index contributed by atoms with van der Waals surface area (Å²) in [7, 11) is 0. The number of anilines is 2. The molecule has 0 spiro atoms. The number of morpholine rings is 1. The Kier molecular flexibility index (Phi) is 7.19. The van der Waals surface area contributed by atoms with Crippen LogP contribution in [0.4, 0.5) is 11.5 Å². The monoisotopic (exact) mass is 450 g/mol. The molecule has 1 aliphatic heterocycles. The van der Waals surface area contributed by atoms with Gasteiger partial charge >= 0.3 is 0 Å². The van der Waals surface area contributed by atoms with Gasteiger partial charge in [0, 0.05) is 37.0 Å². The molecule has 1 N–H and O–H groups in total. The number of hydrogen-bond acceptors (Lipinski definition) is 7. The van der Waals surface area contributed by atoms with Crippen LogP contribution in [0.2, 0.25) is 0 Å². The van der Waals surface area contributed by atoms with Gasteiger partial charge in [-0.2, -0.15) is 5.10 Å². The summed E-state index contributed by atoms with van der Waals surface area (Å²) < 4.78 is 12.7. The highest BCUT2D eigenvalue weighted by molar-refractivity contribution is 5.90. The molecule has 1 fully saturated rings. The van der Waals surface area contributed by atoms with E-state index in [1.807, 2.05) is 55.8 Å². The Morgan fingerprint density at radius 2 is 1.85 bits per heavy atom. The van der Waals surface area contributed by atoms with Crippen molar-refractivity contribution in [2.75, 3.05) is 43.1 Å². The Labute approximate surface area is 193 Å². The maximum absolute atomic E-state index is 12.5. The number of ether oxygens (including phenoxy) is 2. The van der Waals surface area contributed by atoms with Crippen LogP contribution in [0, 0.1) is 13.8 Å². The molecule has 3 heterocycles. The molecule has 0 radical (unpaired) electrons. The number of aromatic nitrogens is 4. The van der Waals surface area contributed by atoms with Crippen molar-refractivity contribution in [1.29, 1.82) is 0 Å². The highest BCUT2D eigenvalue weighted by atomic mass is 16.5. The van der Waals surface area contributed by atoms with Crippen molar-refractivity contribution in [2.45, 2.75) is 33.6 Å². The van der Waals surface area contributed by atoms with Crippen molar-refractivity contribution >= 4 is 17.4 Å². The van der Waals surface area contributed by atoms with Crippen molar-refractivity contribution < 1.29 is 14.3 Å². The van der Waals surface area contributed by atoms with E-state index >= 15 is 0 Å². The molecule has 0 aliphatic carbocycles. The molecule has 0 atom stereocenters. The molecule has 3 aromatic rings. The fraction of sp³-hybridized carbons (Fsp3) is 0.417. The number of carbonyl (C=O) groups is 1. The second-order valence-electron chi connectivity index (χ2n) is 7.90. The summed E-state index contributed by atoms with van der Waals surface area (Å²) in [6, 6.07) is 9.35. The van der Waals surface area contributed by atoms with Gasteiger partial charge in [0.15, 0.2) is 5.82 Å². The summed E-state index contributed by atoms with van der Waals surface area (Å²) in [5.74, 6) is 2.34. The standard InChI is InChI=1S/C24H30N6O3/c1-4-33-20-7-5-19(6-8-20)27-24(31)10-9-21-17(2)28-30(18(21)3)23-15-22(25-16-26-23)29-11-13-32-14-12-29/h5-8,15-16H,4,9-14H2,1-3H3,(H,27,31). The molecule has 1 aromatic carbocycles. The van der Waals surface area contributed by atoms with Crippen LogP contribution in [0.5, 0.6) is 5.75 Å². The van der Waals surface area contributed by atoms with Gasteiger partial charge < -0.3 is 19.7 Å². The van der Waals surface area contributed by atoms with Crippen LogP contribution in [-0.4, -0.2) is 58.6 Å². The molecule has 1 saturated heterocycles. The van der Waals surface area contributed by atoms with Gasteiger partial charge in [-0.3, -0.25) is 4.79 Å². The van der Waals surface area contributed by atoms with Crippen LogP contribution in [0.15, 0.2) is 36.7 Å². The lowest BCUT2D eigenvalue weighted by atomic mass is 10.1. The van der Waals surface area contributed by atoms with Gasteiger partial charge in [-0.25, -0.2) is 14.6 Å². The van der Waals surface area contributed by atoms with Gasteiger partial charge in [-0.05, 0) is 57.0 Å². The molecular formula is C24H30N6O3. The van der Waals surface area contributed by atoms with Crippen molar-refractivity contribution in [3.63, 3.8) is 0 Å². The van der Waals surface area contributed by atoms with E-state index in [1.54, 1.807) is 6.33 Å². The summed E-state index contributed by atoms with van der Waals surface area (Å²) in [5, 5.41) is 7.64. The molecule has 9 nitrogen and oxygen atoms in total. The number of aryl methyl sites for hydroxylation is 1. The minimum Gasteiger partial charge on any atom is -0.494 e. The van der Waals surface area contributed by atoms with E-state index in [2.05, 4.69) is 20.2 Å². The number of amides is 1. The van der Waals surface area contributed by atoms with E-state index in [0.717, 1.165) is 53.1 Å². The molecule has 0 bridgehead atoms. The summed E-state index contributed by atoms with van der Waals surface area (Å²) in [6.07, 6.45) is 2.53. The molecule has 0 saturated carbocycles. The first-order valence-electron chi connectivity index (χ1n) is 11.3. The average Bonchev–Trinajstić information content (AvgIpc) is 3.13. The fourth-order valence-corrected chi connectivity index (χ4v) is 3.94. The minimum absolute atomic E-state index is 0.0395. The summed E-state index contributed by atoms with van der Waals surface area (Å²) in [6.45, 7) is 9.54. The Hall–Kier alpha value is -3.46. The first-order chi connectivity index (χ1) is 16.0. The molecule has 1 aliphatic rings. The highest BCUT2D eigenvalue weighted by Crippen LogP contribution is 2.21. The quantitative estimate of drug-likeness (QED) is 0.564. The van der Waals surface area contributed by atoms with Gasteiger partial charge in [-0.1, -0.05) is 0 Å². The van der Waals surface area contributed by atoms with E-state index in [0.29, 0.717) is 32.7 Å². The van der Waals surface area contributed by atoms with E-state index < -0.39 is 0 Å². The second kappa shape index (κ2) is 10.4. The fourth-order valence-electron chi connectivity index (χ4n) is 3.94. The number of nitrogens with one attached hydrogen (secondary N) is 1. The Bertz CT molecular complexity index is 1090. The predicted octanol–water partition coefficient (Wildman–Crippen LogP) is 3.09. The molecule has 0 unspecified atom stereocenters. The van der Waals surface area contributed by atoms with Gasteiger partial charge in [0.1, 0.15) is 17.9 Å². The SMILES string of the molecule is CCOc1ccc(NC(=O)CCc2c(C)nn(-c3cc(N4CCOCC4)ncn3)c2C)cc1. The number of nitrogens with zero attached hydrogens (tertiary/aromatic N) is 5. The zero-order chi connectivity index (χ0) is 23.2. The minimum atomic E-state index is -0.0395. The number of carbonyl (C=O) groups excluding carboxylic acids is 1. The van der Waals surface area contributed by atoms with Gasteiger partial charge in [-0.15, -0.1) is 0 Å². The summed E-state index contributed by atoms with van der Waals surface area (Å²) >= 11 is 0. The van der Waals surface area contributed by atoms with Crippen LogP contribution in [0.25, 0.3) is 5.82 Å². The van der Waals surface area contributed by atoms with E-state index in [-0.39, 0.29) is 5.91 Å². The lowest BCUT2D eigenvalue weighted by Crippen LogP contribution is -2.36. The molecule has 174 valence electrons. The number of benzene rings is 1. The summed E-state index contributed by atoms with van der Waals surface area (Å²) in [5.41, 5.74) is 3.69. The third-order valence-electron chi connectivity index (χ3n) is 5.68. The van der Waals surface area contributed by atoms with Crippen molar-refractivity contribution in [3.8, 4) is 11.6 Å². The first kappa shape index (κ1) is 22.7. The van der Waals surface area contributed by atoms with Crippen LogP contribution < -0.4 is 15.0 Å². The Balaban J connectivity index is 1.42. The zero-order valence-electron chi connectivity index (χ0n) is 19.4. The largest absolute Gasteiger partial charge is 0.494 e. The smallest absolute Gasteiger partial charge is 0.224 e. The topological polar surface area (TPSA) is 94.4 Å². The highest BCUT2D eigenvalue weighted by Gasteiger charge is 2.18. The van der Waals surface area contributed by atoms with Crippen LogP contribution >= 0.6 is 0 Å². The van der Waals surface area contributed by atoms with Crippen molar-refractivity contribution in [1.82, 2.24) is 19.7 Å². The molecular weight excluding hydrogens is 420 g/mol. The Morgan fingerprint density at radius 3 is 2.58 bits per heavy atom. The molecule has 1 amide bonds. The third kappa shape index (κ3) is 5.48. The lowest BCUT2D eigenvalue weighted by molar-refractivity contribution is -0.116. The van der Waals surface area contributed by atoms with E-state index in [1.165, 1.54) is 0 Å². The second-order valence-corrected chi connectivity index (χ2v) is 7.90. The molecule has 33 heavy (non-hydrogen) atoms. The molecule has 9 heteroatoms. The number of rotatable bonds is 8. The average molecular weight is 451 g/mol. The lowest BCUT2D eigenvalue weighted by Gasteiger charge is -2.27. The normalized spacial score (nSPS) is 13.7. The van der Waals surface area contributed by atoms with Crippen LogP contribution in [0.3, 0.4) is 0 Å². The molecule has 2 aromatic heterocycles. The third-order valence-corrected chi connectivity index (χ3v) is 5.68. The zero-order valence-corrected chi connectivity index (χ0v) is 19.4. The van der Waals surface area contributed by atoms with Crippen LogP contribution in [-0.2, 0) is 16.0 Å². The van der Waals surface area contributed by atoms with Crippen LogP contribution in [0.1, 0.15) is 30.3 Å². The maximum Gasteiger partial charge on any atom is 0.224 e. The van der Waals surface area contributed by atoms with E-state index in [4.69, 9.17) is 14.6 Å². The van der Waals surface area contributed by atoms with E-state index in [9.17, 15) is 4.79 Å². The maximum atomic E-state index is 12.5. The van der Waals surface area contributed by atoms with Crippen molar-refractivity contribution in [2.24, 2.45) is 0 Å². The first-order valence-corrected chi connectivity index (χ1v) is 11.3. The van der Waals surface area contributed by atoms with Gasteiger partial charge in [0.05, 0.1) is 25.5 Å².